The van der Waals surface area contributed by atoms with Gasteiger partial charge in [0.2, 0.25) is 5.91 Å². The molecule has 1 atom stereocenters. The topological polar surface area (TPSA) is 32.3 Å². The van der Waals surface area contributed by atoms with Gasteiger partial charge in [-0.2, -0.15) is 0 Å². The van der Waals surface area contributed by atoms with Gasteiger partial charge in [-0.3, -0.25) is 4.79 Å². The van der Waals surface area contributed by atoms with Gasteiger partial charge < -0.3 is 10.2 Å². The molecule has 2 saturated heterocycles. The van der Waals surface area contributed by atoms with Crippen molar-refractivity contribution in [1.29, 1.82) is 0 Å². The third kappa shape index (κ3) is 4.61. The number of hydrogen-bond donors (Lipinski definition) is 1. The largest absolute Gasteiger partial charge is 0.339 e. The molecule has 0 aromatic rings. The van der Waals surface area contributed by atoms with E-state index in [2.05, 4.69) is 10.2 Å². The molecule has 3 nitrogen and oxygen atoms in total. The minimum Gasteiger partial charge on any atom is -0.339 e. The summed E-state index contributed by atoms with van der Waals surface area (Å²) in [4.78, 5) is 14.9. The predicted octanol–water partition coefficient (Wildman–Crippen LogP) is 3.76. The van der Waals surface area contributed by atoms with E-state index in [0.717, 1.165) is 44.3 Å². The van der Waals surface area contributed by atoms with Crippen molar-refractivity contribution in [3.63, 3.8) is 0 Å². The van der Waals surface area contributed by atoms with E-state index in [9.17, 15) is 4.79 Å². The van der Waals surface area contributed by atoms with Gasteiger partial charge in [-0.05, 0) is 69.9 Å². The molecule has 3 fully saturated rings. The average molecular weight is 329 g/mol. The number of carbonyl (C=O) groups excluding carboxylic acids is 1. The van der Waals surface area contributed by atoms with Gasteiger partial charge in [-0.25, -0.2) is 0 Å². The van der Waals surface area contributed by atoms with Crippen LogP contribution in [0.3, 0.4) is 0 Å². The molecule has 1 saturated carbocycles. The van der Waals surface area contributed by atoms with E-state index in [1.165, 1.54) is 57.8 Å². The fraction of sp³-hybridized carbons (Fsp3) is 0.944. The first-order chi connectivity index (χ1) is 10.3. The lowest BCUT2D eigenvalue weighted by Crippen LogP contribution is -2.41. The van der Waals surface area contributed by atoms with Gasteiger partial charge in [-0.1, -0.05) is 19.3 Å². The van der Waals surface area contributed by atoms with Crippen LogP contribution in [0.1, 0.15) is 70.6 Å². The molecule has 0 bridgehead atoms. The normalized spacial score (nSPS) is 27.6. The molecule has 0 spiro atoms. The summed E-state index contributed by atoms with van der Waals surface area (Å²) < 4.78 is 0. The zero-order chi connectivity index (χ0) is 14.5. The van der Waals surface area contributed by atoms with E-state index in [1.807, 2.05) is 0 Å². The molecule has 1 amide bonds. The lowest BCUT2D eigenvalue weighted by atomic mass is 9.83. The van der Waals surface area contributed by atoms with Crippen molar-refractivity contribution < 1.29 is 4.79 Å². The second-order valence-electron chi connectivity index (χ2n) is 7.43. The molecular formula is C18H33ClN2O. The van der Waals surface area contributed by atoms with Crippen LogP contribution >= 0.6 is 12.4 Å². The van der Waals surface area contributed by atoms with E-state index in [0.29, 0.717) is 11.9 Å². The highest BCUT2D eigenvalue weighted by Crippen LogP contribution is 2.34. The Hall–Kier alpha value is -0.280. The quantitative estimate of drug-likeness (QED) is 0.852. The summed E-state index contributed by atoms with van der Waals surface area (Å²) in [6.45, 7) is 3.33. The smallest absolute Gasteiger partial charge is 0.222 e. The first-order valence-electron chi connectivity index (χ1n) is 9.35. The Morgan fingerprint density at radius 2 is 1.68 bits per heavy atom. The summed E-state index contributed by atoms with van der Waals surface area (Å²) >= 11 is 0. The second kappa shape index (κ2) is 9.12. The van der Waals surface area contributed by atoms with Crippen molar-refractivity contribution >= 4 is 18.3 Å². The Morgan fingerprint density at radius 1 is 0.955 bits per heavy atom. The van der Waals surface area contributed by atoms with Gasteiger partial charge in [0.1, 0.15) is 0 Å². The van der Waals surface area contributed by atoms with Gasteiger partial charge in [0.25, 0.3) is 0 Å². The van der Waals surface area contributed by atoms with Gasteiger partial charge in [0.05, 0.1) is 0 Å². The standard InChI is InChI=1S/C18H32N2O.ClH/c21-18(9-8-15-10-12-19-13-11-15)20-14-4-7-17(20)16-5-2-1-3-6-16;/h15-17,19H,1-14H2;1H. The van der Waals surface area contributed by atoms with Gasteiger partial charge in [0.15, 0.2) is 0 Å². The maximum absolute atomic E-state index is 12.7. The van der Waals surface area contributed by atoms with Crippen LogP contribution in [0.15, 0.2) is 0 Å². The molecule has 22 heavy (non-hydrogen) atoms. The first-order valence-corrected chi connectivity index (χ1v) is 9.35. The highest BCUT2D eigenvalue weighted by molar-refractivity contribution is 5.85. The van der Waals surface area contributed by atoms with E-state index in [-0.39, 0.29) is 12.4 Å². The van der Waals surface area contributed by atoms with E-state index in [1.54, 1.807) is 0 Å². The number of carbonyl (C=O) groups is 1. The van der Waals surface area contributed by atoms with Gasteiger partial charge >= 0.3 is 0 Å². The zero-order valence-corrected chi connectivity index (χ0v) is 14.7. The zero-order valence-electron chi connectivity index (χ0n) is 13.9. The summed E-state index contributed by atoms with van der Waals surface area (Å²) in [5, 5.41) is 3.41. The Kier molecular flexibility index (Phi) is 7.49. The number of amides is 1. The van der Waals surface area contributed by atoms with Crippen LogP contribution in [0.5, 0.6) is 0 Å². The van der Waals surface area contributed by atoms with E-state index < -0.39 is 0 Å². The number of hydrogen-bond acceptors (Lipinski definition) is 2. The first kappa shape index (κ1) is 18.1. The fourth-order valence-corrected chi connectivity index (χ4v) is 4.75. The molecule has 3 rings (SSSR count). The molecule has 3 aliphatic rings. The third-order valence-electron chi connectivity index (χ3n) is 6.04. The highest BCUT2D eigenvalue weighted by Gasteiger charge is 2.34. The SMILES string of the molecule is Cl.O=C(CCC1CCNCC1)N1CCCC1C1CCCCC1. The maximum Gasteiger partial charge on any atom is 0.222 e. The molecule has 2 aliphatic heterocycles. The second-order valence-corrected chi connectivity index (χ2v) is 7.43. The number of nitrogens with one attached hydrogen (secondary N) is 1. The van der Waals surface area contributed by atoms with Crippen LogP contribution in [0, 0.1) is 11.8 Å². The van der Waals surface area contributed by atoms with Crippen molar-refractivity contribution in [2.75, 3.05) is 19.6 Å². The summed E-state index contributed by atoms with van der Waals surface area (Å²) in [5.41, 5.74) is 0. The Morgan fingerprint density at radius 3 is 2.41 bits per heavy atom. The molecular weight excluding hydrogens is 296 g/mol. The van der Waals surface area contributed by atoms with Crippen LogP contribution in [-0.2, 0) is 4.79 Å². The average Bonchev–Trinajstić information content (AvgIpc) is 3.04. The molecule has 0 radical (unpaired) electrons. The van der Waals surface area contributed by atoms with Crippen LogP contribution in [0.25, 0.3) is 0 Å². The van der Waals surface area contributed by atoms with Crippen LogP contribution < -0.4 is 5.32 Å². The molecule has 2 heterocycles. The Balaban J connectivity index is 0.00000176. The summed E-state index contributed by atoms with van der Waals surface area (Å²) in [6, 6.07) is 0.589. The van der Waals surface area contributed by atoms with Crippen molar-refractivity contribution in [2.45, 2.75) is 76.7 Å². The lowest BCUT2D eigenvalue weighted by Gasteiger charge is -2.34. The molecule has 1 aliphatic carbocycles. The number of nitrogens with zero attached hydrogens (tertiary/aromatic N) is 1. The van der Waals surface area contributed by atoms with E-state index in [4.69, 9.17) is 0 Å². The number of likely N-dealkylation sites (tertiary alicyclic amines) is 1. The van der Waals surface area contributed by atoms with Crippen LogP contribution in [0.2, 0.25) is 0 Å². The van der Waals surface area contributed by atoms with Gasteiger partial charge in [0, 0.05) is 19.0 Å². The Labute approximate surface area is 142 Å². The fourth-order valence-electron chi connectivity index (χ4n) is 4.75. The number of halogens is 1. The number of rotatable bonds is 4. The molecule has 1 unspecified atom stereocenters. The minimum absolute atomic E-state index is 0. The minimum atomic E-state index is 0. The molecule has 1 N–H and O–H groups in total. The van der Waals surface area contributed by atoms with Crippen LogP contribution in [0.4, 0.5) is 0 Å². The molecule has 128 valence electrons. The van der Waals surface area contributed by atoms with Crippen molar-refractivity contribution in [3.05, 3.63) is 0 Å². The summed E-state index contributed by atoms with van der Waals surface area (Å²) in [7, 11) is 0. The van der Waals surface area contributed by atoms with Crippen molar-refractivity contribution in [3.8, 4) is 0 Å². The number of piperidine rings is 1. The summed E-state index contributed by atoms with van der Waals surface area (Å²) in [5.74, 6) is 2.05. The van der Waals surface area contributed by atoms with Gasteiger partial charge in [-0.15, -0.1) is 12.4 Å². The predicted molar refractivity (Wildman–Crippen MR) is 93.4 cm³/mol. The van der Waals surface area contributed by atoms with E-state index >= 15 is 0 Å². The highest BCUT2D eigenvalue weighted by atomic mass is 35.5. The third-order valence-corrected chi connectivity index (χ3v) is 6.04. The van der Waals surface area contributed by atoms with Crippen LogP contribution in [-0.4, -0.2) is 36.5 Å². The van der Waals surface area contributed by atoms with Crippen molar-refractivity contribution in [2.24, 2.45) is 11.8 Å². The van der Waals surface area contributed by atoms with Crippen molar-refractivity contribution in [1.82, 2.24) is 10.2 Å². The summed E-state index contributed by atoms with van der Waals surface area (Å²) in [6.07, 6.45) is 13.9. The molecule has 4 heteroatoms. The molecule has 0 aromatic carbocycles. The lowest BCUT2D eigenvalue weighted by molar-refractivity contribution is -0.133. The Bertz CT molecular complexity index is 338. The molecule has 0 aromatic heterocycles. The maximum atomic E-state index is 12.7. The monoisotopic (exact) mass is 328 g/mol.